The zero-order valence-electron chi connectivity index (χ0n) is 12.7. The predicted octanol–water partition coefficient (Wildman–Crippen LogP) is 3.01. The summed E-state index contributed by atoms with van der Waals surface area (Å²) in [6.07, 6.45) is 0.849. The molecule has 0 aliphatic heterocycles. The maximum Gasteiger partial charge on any atom is 0.224 e. The normalized spacial score (nSPS) is 18.7. The molecule has 1 N–H and O–H groups in total. The van der Waals surface area contributed by atoms with Crippen LogP contribution in [0.2, 0.25) is 0 Å². The third-order valence-electron chi connectivity index (χ3n) is 4.03. The fourth-order valence-corrected chi connectivity index (χ4v) is 2.66. The van der Waals surface area contributed by atoms with Crippen molar-refractivity contribution in [2.75, 3.05) is 6.54 Å². The molecule has 0 unspecified atom stereocenters. The molecule has 1 amide bonds. The van der Waals surface area contributed by atoms with Crippen molar-refractivity contribution < 1.29 is 9.53 Å². The number of nitriles is 1. The summed E-state index contributed by atoms with van der Waals surface area (Å²) in [5.74, 6) is 1.06. The topological polar surface area (TPSA) is 62.1 Å². The summed E-state index contributed by atoms with van der Waals surface area (Å²) in [6.45, 7) is 0.622. The van der Waals surface area contributed by atoms with E-state index in [-0.39, 0.29) is 24.3 Å². The summed E-state index contributed by atoms with van der Waals surface area (Å²) in [4.78, 5) is 11.8. The van der Waals surface area contributed by atoms with E-state index < -0.39 is 0 Å². The molecule has 1 saturated carbocycles. The van der Waals surface area contributed by atoms with Gasteiger partial charge in [-0.1, -0.05) is 42.5 Å². The lowest BCUT2D eigenvalue weighted by molar-refractivity contribution is -0.122. The van der Waals surface area contributed by atoms with Crippen LogP contribution in [0.5, 0.6) is 5.75 Å². The van der Waals surface area contributed by atoms with Gasteiger partial charge in [0, 0.05) is 5.92 Å². The summed E-state index contributed by atoms with van der Waals surface area (Å²) < 4.78 is 5.76. The Kier molecular flexibility index (Phi) is 4.58. The molecular formula is C19H18N2O2. The molecule has 23 heavy (non-hydrogen) atoms. The first kappa shape index (κ1) is 15.1. The highest BCUT2D eigenvalue weighted by atomic mass is 16.5. The van der Waals surface area contributed by atoms with Crippen LogP contribution in [-0.4, -0.2) is 12.5 Å². The van der Waals surface area contributed by atoms with Gasteiger partial charge in [-0.25, -0.2) is 0 Å². The minimum atomic E-state index is -0.0269. The van der Waals surface area contributed by atoms with Crippen molar-refractivity contribution in [1.82, 2.24) is 5.32 Å². The molecule has 0 heterocycles. The van der Waals surface area contributed by atoms with Gasteiger partial charge < -0.3 is 10.1 Å². The smallest absolute Gasteiger partial charge is 0.224 e. The molecule has 0 aromatic heterocycles. The van der Waals surface area contributed by atoms with E-state index in [9.17, 15) is 4.79 Å². The Morgan fingerprint density at radius 1 is 1.17 bits per heavy atom. The number of carbonyl (C=O) groups excluding carboxylic acids is 1. The number of ether oxygens (including phenoxy) is 1. The maximum absolute atomic E-state index is 11.8. The lowest BCUT2D eigenvalue weighted by Crippen LogP contribution is -2.25. The minimum Gasteiger partial charge on any atom is -0.489 e. The van der Waals surface area contributed by atoms with Gasteiger partial charge in [-0.05, 0) is 35.6 Å². The number of nitrogens with zero attached hydrogens (tertiary/aromatic N) is 1. The Hall–Kier alpha value is -2.80. The monoisotopic (exact) mass is 306 g/mol. The van der Waals surface area contributed by atoms with Gasteiger partial charge in [-0.3, -0.25) is 4.79 Å². The molecule has 0 bridgehead atoms. The van der Waals surface area contributed by atoms with E-state index in [4.69, 9.17) is 10.00 Å². The molecule has 4 nitrogen and oxygen atoms in total. The number of carbonyl (C=O) groups is 1. The Labute approximate surface area is 135 Å². The maximum atomic E-state index is 11.8. The van der Waals surface area contributed by atoms with Crippen molar-refractivity contribution in [2.45, 2.75) is 18.9 Å². The lowest BCUT2D eigenvalue weighted by Gasteiger charge is -2.07. The Morgan fingerprint density at radius 2 is 1.91 bits per heavy atom. The summed E-state index contributed by atoms with van der Waals surface area (Å²) in [7, 11) is 0. The highest BCUT2D eigenvalue weighted by molar-refractivity contribution is 5.83. The number of hydrogen-bond donors (Lipinski definition) is 1. The van der Waals surface area contributed by atoms with Gasteiger partial charge in [-0.15, -0.1) is 0 Å². The van der Waals surface area contributed by atoms with E-state index in [2.05, 4.69) is 5.32 Å². The summed E-state index contributed by atoms with van der Waals surface area (Å²) in [5, 5.41) is 11.1. The largest absolute Gasteiger partial charge is 0.489 e. The Morgan fingerprint density at radius 3 is 2.61 bits per heavy atom. The van der Waals surface area contributed by atoms with Gasteiger partial charge in [-0.2, -0.15) is 5.26 Å². The number of hydrogen-bond acceptors (Lipinski definition) is 3. The molecule has 2 aromatic rings. The highest BCUT2D eigenvalue weighted by Crippen LogP contribution is 2.47. The van der Waals surface area contributed by atoms with Crippen LogP contribution in [0.25, 0.3) is 0 Å². The summed E-state index contributed by atoms with van der Waals surface area (Å²) in [5.41, 5.74) is 2.28. The number of benzene rings is 2. The third kappa shape index (κ3) is 3.89. The molecule has 0 saturated heterocycles. The first-order chi connectivity index (χ1) is 11.3. The van der Waals surface area contributed by atoms with Crippen molar-refractivity contribution in [3.05, 3.63) is 65.7 Å². The number of nitrogens with one attached hydrogen (secondary N) is 1. The SMILES string of the molecule is N#CCNC(=O)[C@@H]1C[C@@H]1c1ccc(OCc2ccccc2)cc1. The standard InChI is InChI=1S/C19H18N2O2/c20-10-11-21-19(22)18-12-17(18)15-6-8-16(9-7-15)23-13-14-4-2-1-3-5-14/h1-9,17-18H,11-13H2,(H,21,22)/t17-,18-/m1/s1. The van der Waals surface area contributed by atoms with Crippen LogP contribution in [0.4, 0.5) is 0 Å². The average molecular weight is 306 g/mol. The van der Waals surface area contributed by atoms with Crippen molar-refractivity contribution in [2.24, 2.45) is 5.92 Å². The van der Waals surface area contributed by atoms with E-state index >= 15 is 0 Å². The second-order valence-electron chi connectivity index (χ2n) is 5.67. The Bertz CT molecular complexity index is 704. The highest BCUT2D eigenvalue weighted by Gasteiger charge is 2.43. The van der Waals surface area contributed by atoms with Crippen molar-refractivity contribution >= 4 is 5.91 Å². The minimum absolute atomic E-state index is 0.000521. The Balaban J connectivity index is 1.52. The molecule has 1 aliphatic rings. The quantitative estimate of drug-likeness (QED) is 0.834. The summed E-state index contributed by atoms with van der Waals surface area (Å²) in [6, 6.07) is 19.9. The van der Waals surface area contributed by atoms with E-state index in [1.54, 1.807) is 0 Å². The van der Waals surface area contributed by atoms with E-state index in [0.717, 1.165) is 23.3 Å². The van der Waals surface area contributed by atoms with Crippen LogP contribution < -0.4 is 10.1 Å². The molecule has 116 valence electrons. The van der Waals surface area contributed by atoms with Gasteiger partial charge in [0.25, 0.3) is 0 Å². The van der Waals surface area contributed by atoms with E-state index in [1.165, 1.54) is 0 Å². The first-order valence-corrected chi connectivity index (χ1v) is 7.69. The van der Waals surface area contributed by atoms with Crippen LogP contribution in [0.1, 0.15) is 23.5 Å². The van der Waals surface area contributed by atoms with Gasteiger partial charge >= 0.3 is 0 Å². The second kappa shape index (κ2) is 6.97. The lowest BCUT2D eigenvalue weighted by atomic mass is 10.1. The first-order valence-electron chi connectivity index (χ1n) is 7.69. The molecule has 0 radical (unpaired) electrons. The van der Waals surface area contributed by atoms with Crippen LogP contribution >= 0.6 is 0 Å². The predicted molar refractivity (Wildman–Crippen MR) is 86.7 cm³/mol. The number of amides is 1. The molecule has 2 aromatic carbocycles. The van der Waals surface area contributed by atoms with Gasteiger partial charge in [0.05, 0.1) is 6.07 Å². The van der Waals surface area contributed by atoms with E-state index in [1.807, 2.05) is 60.7 Å². The molecular weight excluding hydrogens is 288 g/mol. The van der Waals surface area contributed by atoms with Crippen molar-refractivity contribution in [3.8, 4) is 11.8 Å². The van der Waals surface area contributed by atoms with E-state index in [0.29, 0.717) is 6.61 Å². The van der Waals surface area contributed by atoms with Gasteiger partial charge in [0.15, 0.2) is 0 Å². The average Bonchev–Trinajstić information content (AvgIpc) is 3.40. The van der Waals surface area contributed by atoms with Crippen LogP contribution in [0, 0.1) is 17.2 Å². The molecule has 3 rings (SSSR count). The fraction of sp³-hybridized carbons (Fsp3) is 0.263. The third-order valence-corrected chi connectivity index (χ3v) is 4.03. The van der Waals surface area contributed by atoms with Crippen LogP contribution in [0.15, 0.2) is 54.6 Å². The van der Waals surface area contributed by atoms with Crippen LogP contribution in [0.3, 0.4) is 0 Å². The summed E-state index contributed by atoms with van der Waals surface area (Å²) >= 11 is 0. The zero-order chi connectivity index (χ0) is 16.1. The van der Waals surface area contributed by atoms with Gasteiger partial charge in [0.1, 0.15) is 18.9 Å². The molecule has 1 fully saturated rings. The molecule has 4 heteroatoms. The van der Waals surface area contributed by atoms with Gasteiger partial charge in [0.2, 0.25) is 5.91 Å². The van der Waals surface area contributed by atoms with Crippen LogP contribution in [-0.2, 0) is 11.4 Å². The fourth-order valence-electron chi connectivity index (χ4n) is 2.66. The molecule has 0 spiro atoms. The van der Waals surface area contributed by atoms with Crippen molar-refractivity contribution in [3.63, 3.8) is 0 Å². The zero-order valence-corrected chi connectivity index (χ0v) is 12.7. The second-order valence-corrected chi connectivity index (χ2v) is 5.67. The van der Waals surface area contributed by atoms with Crippen molar-refractivity contribution in [1.29, 1.82) is 5.26 Å². The number of rotatable bonds is 6. The molecule has 1 aliphatic carbocycles. The molecule has 2 atom stereocenters.